The van der Waals surface area contributed by atoms with Crippen LogP contribution in [0.2, 0.25) is 0 Å². The van der Waals surface area contributed by atoms with Gasteiger partial charge in [0.25, 0.3) is 0 Å². The SMILES string of the molecule is COC1(CNCc2nc(C)c(C)s2)CCC1. The molecule has 1 aromatic rings. The molecule has 0 saturated heterocycles. The van der Waals surface area contributed by atoms with E-state index in [0.717, 1.165) is 18.8 Å². The monoisotopic (exact) mass is 240 g/mol. The molecule has 16 heavy (non-hydrogen) atoms. The number of rotatable bonds is 5. The molecule has 4 heteroatoms. The Labute approximate surface area is 101 Å². The number of nitrogens with zero attached hydrogens (tertiary/aromatic N) is 1. The van der Waals surface area contributed by atoms with Crippen molar-refractivity contribution in [1.29, 1.82) is 0 Å². The Bertz CT molecular complexity index is 333. The van der Waals surface area contributed by atoms with Gasteiger partial charge < -0.3 is 10.1 Å². The number of thiazole rings is 1. The largest absolute Gasteiger partial charge is 0.377 e. The van der Waals surface area contributed by atoms with E-state index in [1.807, 2.05) is 7.11 Å². The third kappa shape index (κ3) is 2.44. The number of hydrogen-bond acceptors (Lipinski definition) is 4. The molecule has 0 bridgehead atoms. The Morgan fingerprint density at radius 1 is 1.44 bits per heavy atom. The van der Waals surface area contributed by atoms with Crippen molar-refractivity contribution in [1.82, 2.24) is 10.3 Å². The van der Waals surface area contributed by atoms with Gasteiger partial charge in [-0.1, -0.05) is 0 Å². The molecule has 90 valence electrons. The molecule has 0 amide bonds. The van der Waals surface area contributed by atoms with Gasteiger partial charge in [-0.15, -0.1) is 11.3 Å². The van der Waals surface area contributed by atoms with Crippen LogP contribution in [-0.2, 0) is 11.3 Å². The van der Waals surface area contributed by atoms with Crippen LogP contribution in [0.1, 0.15) is 34.8 Å². The Morgan fingerprint density at radius 3 is 2.62 bits per heavy atom. The zero-order chi connectivity index (χ0) is 11.6. The minimum Gasteiger partial charge on any atom is -0.377 e. The van der Waals surface area contributed by atoms with E-state index in [1.165, 1.54) is 29.1 Å². The molecule has 3 nitrogen and oxygen atoms in total. The van der Waals surface area contributed by atoms with E-state index in [2.05, 4.69) is 24.1 Å². The lowest BCUT2D eigenvalue weighted by Crippen LogP contribution is -2.47. The maximum atomic E-state index is 5.56. The third-order valence-electron chi connectivity index (χ3n) is 3.49. The second-order valence-electron chi connectivity index (χ2n) is 4.59. The van der Waals surface area contributed by atoms with E-state index >= 15 is 0 Å². The molecule has 0 radical (unpaired) electrons. The molecule has 1 heterocycles. The first-order valence-corrected chi connectivity index (χ1v) is 6.66. The van der Waals surface area contributed by atoms with Crippen molar-refractivity contribution >= 4 is 11.3 Å². The van der Waals surface area contributed by atoms with Gasteiger partial charge in [0.05, 0.1) is 11.3 Å². The highest BCUT2D eigenvalue weighted by Gasteiger charge is 2.36. The maximum absolute atomic E-state index is 5.56. The standard InChI is InChI=1S/C12H20N2OS/c1-9-10(2)16-11(14-9)7-13-8-12(15-3)5-4-6-12/h13H,4-8H2,1-3H3. The van der Waals surface area contributed by atoms with Gasteiger partial charge in [0.15, 0.2) is 0 Å². The van der Waals surface area contributed by atoms with Crippen LogP contribution in [0.25, 0.3) is 0 Å². The van der Waals surface area contributed by atoms with Crippen LogP contribution in [0.5, 0.6) is 0 Å². The third-order valence-corrected chi connectivity index (χ3v) is 4.57. The van der Waals surface area contributed by atoms with Crippen molar-refractivity contribution in [3.8, 4) is 0 Å². The van der Waals surface area contributed by atoms with Crippen LogP contribution in [0.15, 0.2) is 0 Å². The molecular formula is C12H20N2OS. The Kier molecular flexibility index (Phi) is 3.62. The van der Waals surface area contributed by atoms with E-state index in [-0.39, 0.29) is 5.60 Å². The summed E-state index contributed by atoms with van der Waals surface area (Å²) in [5.74, 6) is 0. The van der Waals surface area contributed by atoms with Crippen LogP contribution >= 0.6 is 11.3 Å². The normalized spacial score (nSPS) is 18.4. The maximum Gasteiger partial charge on any atom is 0.107 e. The summed E-state index contributed by atoms with van der Waals surface area (Å²) in [7, 11) is 1.82. The lowest BCUT2D eigenvalue weighted by molar-refractivity contribution is -0.0695. The summed E-state index contributed by atoms with van der Waals surface area (Å²) in [5.41, 5.74) is 1.27. The number of ether oxygens (including phenoxy) is 1. The van der Waals surface area contributed by atoms with E-state index in [9.17, 15) is 0 Å². The molecule has 1 aliphatic rings. The van der Waals surface area contributed by atoms with Gasteiger partial charge in [-0.3, -0.25) is 0 Å². The van der Waals surface area contributed by atoms with Gasteiger partial charge in [0.1, 0.15) is 5.01 Å². The molecule has 2 rings (SSSR count). The predicted molar refractivity (Wildman–Crippen MR) is 66.9 cm³/mol. The van der Waals surface area contributed by atoms with Crippen LogP contribution in [-0.4, -0.2) is 24.2 Å². The molecular weight excluding hydrogens is 220 g/mol. The molecule has 0 spiro atoms. The molecule has 0 atom stereocenters. The van der Waals surface area contributed by atoms with Crippen LogP contribution in [0.3, 0.4) is 0 Å². The Hall–Kier alpha value is -0.450. The molecule has 1 N–H and O–H groups in total. The second kappa shape index (κ2) is 4.82. The van der Waals surface area contributed by atoms with Crippen molar-refractivity contribution in [2.24, 2.45) is 0 Å². The summed E-state index contributed by atoms with van der Waals surface area (Å²) in [6.07, 6.45) is 3.67. The van der Waals surface area contributed by atoms with Crippen molar-refractivity contribution < 1.29 is 4.74 Å². The number of hydrogen-bond donors (Lipinski definition) is 1. The molecule has 1 aromatic heterocycles. The summed E-state index contributed by atoms with van der Waals surface area (Å²) < 4.78 is 5.56. The molecule has 0 aliphatic heterocycles. The van der Waals surface area contributed by atoms with Gasteiger partial charge >= 0.3 is 0 Å². The van der Waals surface area contributed by atoms with Crippen LogP contribution in [0.4, 0.5) is 0 Å². The predicted octanol–water partition coefficient (Wildman–Crippen LogP) is 2.42. The van der Waals surface area contributed by atoms with Crippen molar-refractivity contribution in [3.63, 3.8) is 0 Å². The first-order valence-electron chi connectivity index (χ1n) is 5.84. The fourth-order valence-electron chi connectivity index (χ4n) is 2.04. The second-order valence-corrected chi connectivity index (χ2v) is 5.88. The minimum atomic E-state index is 0.112. The fraction of sp³-hybridized carbons (Fsp3) is 0.750. The quantitative estimate of drug-likeness (QED) is 0.858. The molecule has 1 aliphatic carbocycles. The van der Waals surface area contributed by atoms with Gasteiger partial charge in [0, 0.05) is 25.1 Å². The lowest BCUT2D eigenvalue weighted by atomic mass is 9.80. The Balaban J connectivity index is 1.79. The highest BCUT2D eigenvalue weighted by Crippen LogP contribution is 2.34. The zero-order valence-electron chi connectivity index (χ0n) is 10.3. The van der Waals surface area contributed by atoms with Gasteiger partial charge in [0.2, 0.25) is 0 Å². The van der Waals surface area contributed by atoms with E-state index < -0.39 is 0 Å². The lowest BCUT2D eigenvalue weighted by Gasteiger charge is -2.40. The van der Waals surface area contributed by atoms with Crippen molar-refractivity contribution in [2.45, 2.75) is 45.3 Å². The van der Waals surface area contributed by atoms with Gasteiger partial charge in [-0.25, -0.2) is 4.98 Å². The zero-order valence-corrected chi connectivity index (χ0v) is 11.1. The highest BCUT2D eigenvalue weighted by molar-refractivity contribution is 7.11. The molecule has 1 saturated carbocycles. The smallest absolute Gasteiger partial charge is 0.107 e. The van der Waals surface area contributed by atoms with E-state index in [1.54, 1.807) is 11.3 Å². The van der Waals surface area contributed by atoms with Crippen LogP contribution < -0.4 is 5.32 Å². The summed E-state index contributed by atoms with van der Waals surface area (Å²) in [4.78, 5) is 5.84. The summed E-state index contributed by atoms with van der Waals surface area (Å²) >= 11 is 1.78. The number of methoxy groups -OCH3 is 1. The highest BCUT2D eigenvalue weighted by atomic mass is 32.1. The average Bonchev–Trinajstić information content (AvgIpc) is 2.51. The van der Waals surface area contributed by atoms with Crippen LogP contribution in [0, 0.1) is 13.8 Å². The molecule has 1 fully saturated rings. The first kappa shape index (κ1) is 12.0. The topological polar surface area (TPSA) is 34.1 Å². The molecule has 0 unspecified atom stereocenters. The van der Waals surface area contributed by atoms with E-state index in [4.69, 9.17) is 4.74 Å². The number of aromatic nitrogens is 1. The van der Waals surface area contributed by atoms with E-state index in [0.29, 0.717) is 0 Å². The average molecular weight is 240 g/mol. The van der Waals surface area contributed by atoms with Gasteiger partial charge in [-0.05, 0) is 33.1 Å². The van der Waals surface area contributed by atoms with Crippen molar-refractivity contribution in [2.75, 3.05) is 13.7 Å². The Morgan fingerprint density at radius 2 is 2.19 bits per heavy atom. The first-order chi connectivity index (χ1) is 7.65. The summed E-state index contributed by atoms with van der Waals surface area (Å²) in [5, 5.41) is 4.64. The summed E-state index contributed by atoms with van der Waals surface area (Å²) in [6, 6.07) is 0. The fourth-order valence-corrected chi connectivity index (χ4v) is 2.94. The number of aryl methyl sites for hydroxylation is 2. The molecule has 0 aromatic carbocycles. The summed E-state index contributed by atoms with van der Waals surface area (Å²) in [6.45, 7) is 6.00. The van der Waals surface area contributed by atoms with Gasteiger partial charge in [-0.2, -0.15) is 0 Å². The van der Waals surface area contributed by atoms with Crippen molar-refractivity contribution in [3.05, 3.63) is 15.6 Å². The minimum absolute atomic E-state index is 0.112. The number of nitrogens with one attached hydrogen (secondary N) is 1.